The number of amides is 3. The van der Waals surface area contributed by atoms with Crippen LogP contribution in [0.1, 0.15) is 12.5 Å². The molecule has 1 heterocycles. The zero-order chi connectivity index (χ0) is 18.4. The fraction of sp³-hybridized carbons (Fsp3) is 0.412. The van der Waals surface area contributed by atoms with Crippen molar-refractivity contribution in [2.45, 2.75) is 19.4 Å². The van der Waals surface area contributed by atoms with Gasteiger partial charge in [0.15, 0.2) is 0 Å². The van der Waals surface area contributed by atoms with Crippen molar-refractivity contribution in [1.82, 2.24) is 15.1 Å². The Balaban J connectivity index is 1.94. The molecular weight excluding hydrogens is 326 g/mol. The lowest BCUT2D eigenvalue weighted by Gasteiger charge is -2.32. The Hall–Kier alpha value is -2.90. The molecular formula is C17H21N3O5. The molecule has 8 nitrogen and oxygen atoms in total. The summed E-state index contributed by atoms with van der Waals surface area (Å²) in [5.74, 6) is -3.14. The number of piperazine rings is 1. The second kappa shape index (κ2) is 8.27. The molecule has 0 saturated carbocycles. The van der Waals surface area contributed by atoms with Crippen LogP contribution in [0.3, 0.4) is 0 Å². The largest absolute Gasteiger partial charge is 0.480 e. The molecule has 8 heteroatoms. The lowest BCUT2D eigenvalue weighted by Crippen LogP contribution is -2.57. The molecule has 1 saturated heterocycles. The Labute approximate surface area is 145 Å². The van der Waals surface area contributed by atoms with Crippen molar-refractivity contribution in [3.05, 3.63) is 35.9 Å². The van der Waals surface area contributed by atoms with Crippen molar-refractivity contribution in [2.75, 3.05) is 26.2 Å². The average Bonchev–Trinajstić information content (AvgIpc) is 2.59. The number of hydrogen-bond acceptors (Lipinski definition) is 4. The van der Waals surface area contributed by atoms with Gasteiger partial charge in [-0.3, -0.25) is 14.4 Å². The summed E-state index contributed by atoms with van der Waals surface area (Å²) < 4.78 is 0. The number of nitrogens with one attached hydrogen (secondary N) is 1. The van der Waals surface area contributed by atoms with Crippen LogP contribution in [0, 0.1) is 0 Å². The predicted octanol–water partition coefficient (Wildman–Crippen LogP) is -0.511. The predicted molar refractivity (Wildman–Crippen MR) is 88.5 cm³/mol. The minimum Gasteiger partial charge on any atom is -0.480 e. The average molecular weight is 347 g/mol. The third-order valence-corrected chi connectivity index (χ3v) is 4.03. The Bertz CT molecular complexity index is 662. The highest BCUT2D eigenvalue weighted by Gasteiger charge is 2.33. The SMILES string of the molecule is CCN1CCN(CC(=O)N[C@@H](Cc2ccccc2)C(=O)O)C(=O)C1=O. The standard InChI is InChI=1S/C17H21N3O5/c1-2-19-8-9-20(16(23)15(19)22)11-14(21)18-13(17(24)25)10-12-6-4-3-5-7-12/h3-7,13H,2,8-11H2,1H3,(H,18,21)(H,24,25)/t13-/m0/s1. The van der Waals surface area contributed by atoms with E-state index in [1.54, 1.807) is 31.2 Å². The molecule has 0 aromatic heterocycles. The van der Waals surface area contributed by atoms with Crippen molar-refractivity contribution < 1.29 is 24.3 Å². The van der Waals surface area contributed by atoms with Crippen LogP contribution in [-0.4, -0.2) is 70.8 Å². The van der Waals surface area contributed by atoms with Crippen LogP contribution in [0.5, 0.6) is 0 Å². The van der Waals surface area contributed by atoms with E-state index in [1.807, 2.05) is 6.07 Å². The molecule has 1 aromatic rings. The molecule has 3 amide bonds. The second-order valence-corrected chi connectivity index (χ2v) is 5.76. The van der Waals surface area contributed by atoms with Gasteiger partial charge < -0.3 is 20.2 Å². The summed E-state index contributed by atoms with van der Waals surface area (Å²) in [5, 5.41) is 11.7. The molecule has 2 N–H and O–H groups in total. The van der Waals surface area contributed by atoms with Crippen molar-refractivity contribution in [3.8, 4) is 0 Å². The topological polar surface area (TPSA) is 107 Å². The number of carbonyl (C=O) groups excluding carboxylic acids is 3. The normalized spacial score (nSPS) is 15.9. The van der Waals surface area contributed by atoms with Gasteiger partial charge in [-0.2, -0.15) is 0 Å². The number of carbonyl (C=O) groups is 4. The van der Waals surface area contributed by atoms with E-state index in [-0.39, 0.29) is 19.5 Å². The maximum Gasteiger partial charge on any atom is 0.326 e. The first-order chi connectivity index (χ1) is 11.9. The molecule has 0 spiro atoms. The Morgan fingerprint density at radius 2 is 1.72 bits per heavy atom. The number of hydrogen-bond donors (Lipinski definition) is 2. The molecule has 1 aromatic carbocycles. The first-order valence-corrected chi connectivity index (χ1v) is 8.06. The Morgan fingerprint density at radius 3 is 2.32 bits per heavy atom. The van der Waals surface area contributed by atoms with E-state index in [1.165, 1.54) is 4.90 Å². The van der Waals surface area contributed by atoms with E-state index >= 15 is 0 Å². The lowest BCUT2D eigenvalue weighted by molar-refractivity contribution is -0.156. The van der Waals surface area contributed by atoms with Gasteiger partial charge in [0.05, 0.1) is 0 Å². The number of carboxylic acids is 1. The maximum atomic E-state index is 12.1. The number of carboxylic acid groups (broad SMARTS) is 1. The quantitative estimate of drug-likeness (QED) is 0.646. The summed E-state index contributed by atoms with van der Waals surface area (Å²) in [6.45, 7) is 2.49. The zero-order valence-corrected chi connectivity index (χ0v) is 14.0. The summed E-state index contributed by atoms with van der Waals surface area (Å²) in [5.41, 5.74) is 0.776. The van der Waals surface area contributed by atoms with Crippen molar-refractivity contribution in [3.63, 3.8) is 0 Å². The minimum absolute atomic E-state index is 0.137. The van der Waals surface area contributed by atoms with Crippen LogP contribution in [-0.2, 0) is 25.6 Å². The van der Waals surface area contributed by atoms with Crippen LogP contribution >= 0.6 is 0 Å². The Kier molecular flexibility index (Phi) is 6.10. The third-order valence-electron chi connectivity index (χ3n) is 4.03. The molecule has 2 rings (SSSR count). The van der Waals surface area contributed by atoms with Gasteiger partial charge in [0.1, 0.15) is 12.6 Å². The fourth-order valence-corrected chi connectivity index (χ4v) is 2.63. The van der Waals surface area contributed by atoms with E-state index in [2.05, 4.69) is 5.32 Å². The first kappa shape index (κ1) is 18.4. The molecule has 1 aliphatic rings. The highest BCUT2D eigenvalue weighted by atomic mass is 16.4. The van der Waals surface area contributed by atoms with Gasteiger partial charge in [0.25, 0.3) is 0 Å². The monoisotopic (exact) mass is 347 g/mol. The second-order valence-electron chi connectivity index (χ2n) is 5.76. The van der Waals surface area contributed by atoms with Crippen molar-refractivity contribution >= 4 is 23.7 Å². The summed E-state index contributed by atoms with van der Waals surface area (Å²) in [6, 6.07) is 7.83. The van der Waals surface area contributed by atoms with E-state index in [0.717, 1.165) is 10.5 Å². The van der Waals surface area contributed by atoms with Crippen molar-refractivity contribution in [1.29, 1.82) is 0 Å². The summed E-state index contributed by atoms with van der Waals surface area (Å²) in [7, 11) is 0. The van der Waals surface area contributed by atoms with E-state index in [0.29, 0.717) is 13.1 Å². The molecule has 25 heavy (non-hydrogen) atoms. The fourth-order valence-electron chi connectivity index (χ4n) is 2.63. The highest BCUT2D eigenvalue weighted by molar-refractivity contribution is 6.35. The summed E-state index contributed by atoms with van der Waals surface area (Å²) >= 11 is 0. The number of rotatable bonds is 7. The van der Waals surface area contributed by atoms with Crippen molar-refractivity contribution in [2.24, 2.45) is 0 Å². The van der Waals surface area contributed by atoms with Gasteiger partial charge in [-0.15, -0.1) is 0 Å². The molecule has 0 bridgehead atoms. The smallest absolute Gasteiger partial charge is 0.326 e. The van der Waals surface area contributed by atoms with Crippen LogP contribution in [0.4, 0.5) is 0 Å². The van der Waals surface area contributed by atoms with Gasteiger partial charge in [-0.1, -0.05) is 30.3 Å². The number of likely N-dealkylation sites (N-methyl/N-ethyl adjacent to an activating group) is 1. The highest BCUT2D eigenvalue weighted by Crippen LogP contribution is 2.06. The van der Waals surface area contributed by atoms with Gasteiger partial charge in [0.2, 0.25) is 5.91 Å². The zero-order valence-electron chi connectivity index (χ0n) is 14.0. The number of aliphatic carboxylic acids is 1. The maximum absolute atomic E-state index is 12.1. The summed E-state index contributed by atoms with van der Waals surface area (Å²) in [4.78, 5) is 49.9. The number of benzene rings is 1. The summed E-state index contributed by atoms with van der Waals surface area (Å²) in [6.07, 6.45) is 0.137. The molecule has 134 valence electrons. The number of nitrogens with zero attached hydrogens (tertiary/aromatic N) is 2. The molecule has 0 unspecified atom stereocenters. The van der Waals surface area contributed by atoms with Gasteiger partial charge in [-0.05, 0) is 12.5 Å². The molecule has 1 aliphatic heterocycles. The van der Waals surface area contributed by atoms with Crippen LogP contribution in [0.25, 0.3) is 0 Å². The Morgan fingerprint density at radius 1 is 1.12 bits per heavy atom. The van der Waals surface area contributed by atoms with Gasteiger partial charge in [-0.25, -0.2) is 4.79 Å². The minimum atomic E-state index is -1.16. The first-order valence-electron chi connectivity index (χ1n) is 8.06. The molecule has 0 aliphatic carbocycles. The molecule has 0 radical (unpaired) electrons. The van der Waals surface area contributed by atoms with Gasteiger partial charge >= 0.3 is 17.8 Å². The third kappa shape index (κ3) is 4.79. The van der Waals surface area contributed by atoms with Crippen LogP contribution < -0.4 is 5.32 Å². The van der Waals surface area contributed by atoms with Gasteiger partial charge in [0, 0.05) is 26.1 Å². The molecule has 1 atom stereocenters. The van der Waals surface area contributed by atoms with E-state index in [4.69, 9.17) is 0 Å². The van der Waals surface area contributed by atoms with E-state index < -0.39 is 29.7 Å². The van der Waals surface area contributed by atoms with Crippen LogP contribution in [0.15, 0.2) is 30.3 Å². The van der Waals surface area contributed by atoms with Crippen LogP contribution in [0.2, 0.25) is 0 Å². The van der Waals surface area contributed by atoms with E-state index in [9.17, 15) is 24.3 Å². The lowest BCUT2D eigenvalue weighted by atomic mass is 10.1. The molecule has 1 fully saturated rings.